The molecule has 0 aliphatic carbocycles. The molecule has 106 valence electrons. The van der Waals surface area contributed by atoms with E-state index in [1.165, 1.54) is 12.1 Å². The first-order valence-corrected chi connectivity index (χ1v) is 6.42. The minimum atomic E-state index is -4.51. The Bertz CT molecular complexity index is 646. The van der Waals surface area contributed by atoms with Crippen molar-refractivity contribution in [2.75, 3.05) is 5.73 Å². The lowest BCUT2D eigenvalue weighted by atomic mass is 10.3. The van der Waals surface area contributed by atoms with Crippen LogP contribution in [-0.4, -0.2) is 4.98 Å². The van der Waals surface area contributed by atoms with Gasteiger partial charge in [-0.2, -0.15) is 13.2 Å². The zero-order chi connectivity index (χ0) is 14.9. The molecule has 0 bridgehead atoms. The van der Waals surface area contributed by atoms with Crippen molar-refractivity contribution in [3.05, 3.63) is 46.9 Å². The Hall–Kier alpha value is -1.47. The van der Waals surface area contributed by atoms with E-state index in [0.717, 1.165) is 23.9 Å². The molecule has 0 amide bonds. The molecule has 0 fully saturated rings. The van der Waals surface area contributed by atoms with E-state index in [1.807, 2.05) is 0 Å². The highest BCUT2D eigenvalue weighted by atomic mass is 35.5. The van der Waals surface area contributed by atoms with E-state index in [1.54, 1.807) is 0 Å². The first-order valence-electron chi connectivity index (χ1n) is 5.23. The Labute approximate surface area is 121 Å². The van der Waals surface area contributed by atoms with E-state index in [2.05, 4.69) is 4.98 Å². The van der Waals surface area contributed by atoms with Crippen LogP contribution in [0.25, 0.3) is 0 Å². The van der Waals surface area contributed by atoms with Crippen LogP contribution in [0.4, 0.5) is 23.2 Å². The third kappa shape index (κ3) is 3.34. The number of benzene rings is 1. The highest BCUT2D eigenvalue weighted by Gasteiger charge is 2.31. The standard InChI is InChI=1S/C12H7ClF4N2S/c13-8-3-6(12(15,16)17)5-19-11(8)20-7-1-2-10(18)9(14)4-7/h1-5H,18H2. The Morgan fingerprint density at radius 1 is 1.20 bits per heavy atom. The van der Waals surface area contributed by atoms with Crippen molar-refractivity contribution >= 4 is 29.1 Å². The van der Waals surface area contributed by atoms with Gasteiger partial charge in [0.25, 0.3) is 0 Å². The zero-order valence-corrected chi connectivity index (χ0v) is 11.3. The number of pyridine rings is 1. The molecule has 1 heterocycles. The van der Waals surface area contributed by atoms with E-state index in [0.29, 0.717) is 11.1 Å². The molecule has 1 aromatic heterocycles. The average molecular weight is 323 g/mol. The summed E-state index contributed by atoms with van der Waals surface area (Å²) in [5.74, 6) is -0.613. The number of aromatic nitrogens is 1. The number of halogens is 5. The molecule has 2 rings (SSSR count). The van der Waals surface area contributed by atoms with Crippen LogP contribution < -0.4 is 5.73 Å². The highest BCUT2D eigenvalue weighted by Crippen LogP contribution is 2.36. The monoisotopic (exact) mass is 322 g/mol. The summed E-state index contributed by atoms with van der Waals surface area (Å²) in [6.07, 6.45) is -3.82. The van der Waals surface area contributed by atoms with Crippen molar-refractivity contribution in [1.29, 1.82) is 0 Å². The summed E-state index contributed by atoms with van der Waals surface area (Å²) < 4.78 is 50.6. The molecule has 8 heteroatoms. The highest BCUT2D eigenvalue weighted by molar-refractivity contribution is 7.99. The summed E-state index contributed by atoms with van der Waals surface area (Å²) in [6.45, 7) is 0. The van der Waals surface area contributed by atoms with Crippen molar-refractivity contribution in [3.8, 4) is 0 Å². The number of alkyl halides is 3. The zero-order valence-electron chi connectivity index (χ0n) is 9.71. The number of anilines is 1. The minimum absolute atomic E-state index is 0.0131. The number of nitrogens with zero attached hydrogens (tertiary/aromatic N) is 1. The quantitative estimate of drug-likeness (QED) is 0.647. The Morgan fingerprint density at radius 3 is 2.45 bits per heavy atom. The molecule has 0 unspecified atom stereocenters. The van der Waals surface area contributed by atoms with Gasteiger partial charge in [-0.05, 0) is 24.3 Å². The fraction of sp³-hybridized carbons (Fsp3) is 0.0833. The second-order valence-corrected chi connectivity index (χ2v) is 5.26. The maximum Gasteiger partial charge on any atom is 0.417 e. The fourth-order valence-electron chi connectivity index (χ4n) is 1.34. The van der Waals surface area contributed by atoms with Crippen LogP contribution in [0, 0.1) is 5.82 Å². The van der Waals surface area contributed by atoms with Crippen molar-refractivity contribution in [1.82, 2.24) is 4.98 Å². The Balaban J connectivity index is 2.28. The van der Waals surface area contributed by atoms with Gasteiger partial charge in [-0.1, -0.05) is 23.4 Å². The van der Waals surface area contributed by atoms with Crippen molar-refractivity contribution in [2.45, 2.75) is 16.1 Å². The van der Waals surface area contributed by atoms with Crippen LogP contribution in [0.5, 0.6) is 0 Å². The van der Waals surface area contributed by atoms with Gasteiger partial charge in [0.15, 0.2) is 0 Å². The smallest absolute Gasteiger partial charge is 0.396 e. The van der Waals surface area contributed by atoms with Gasteiger partial charge >= 0.3 is 6.18 Å². The molecule has 0 aliphatic rings. The molecular formula is C12H7ClF4N2S. The largest absolute Gasteiger partial charge is 0.417 e. The lowest BCUT2D eigenvalue weighted by Crippen LogP contribution is -2.05. The van der Waals surface area contributed by atoms with Gasteiger partial charge in [0.2, 0.25) is 0 Å². The molecule has 0 spiro atoms. The fourth-order valence-corrected chi connectivity index (χ4v) is 2.40. The van der Waals surface area contributed by atoms with Crippen molar-refractivity contribution in [2.24, 2.45) is 0 Å². The van der Waals surface area contributed by atoms with Gasteiger partial charge in [0.05, 0.1) is 16.3 Å². The molecule has 20 heavy (non-hydrogen) atoms. The molecule has 2 nitrogen and oxygen atoms in total. The predicted molar refractivity (Wildman–Crippen MR) is 69.2 cm³/mol. The summed E-state index contributed by atoms with van der Waals surface area (Å²) in [7, 11) is 0. The summed E-state index contributed by atoms with van der Waals surface area (Å²) in [5, 5.41) is 0.00546. The van der Waals surface area contributed by atoms with Gasteiger partial charge in [0.1, 0.15) is 10.8 Å². The molecule has 0 saturated heterocycles. The lowest BCUT2D eigenvalue weighted by molar-refractivity contribution is -0.137. The van der Waals surface area contributed by atoms with Crippen molar-refractivity contribution < 1.29 is 17.6 Å². The van der Waals surface area contributed by atoms with Crippen LogP contribution in [0.1, 0.15) is 5.56 Å². The number of rotatable bonds is 2. The van der Waals surface area contributed by atoms with Crippen LogP contribution in [0.3, 0.4) is 0 Å². The van der Waals surface area contributed by atoms with E-state index < -0.39 is 17.6 Å². The normalized spacial score (nSPS) is 11.7. The van der Waals surface area contributed by atoms with Gasteiger partial charge in [0, 0.05) is 11.1 Å². The maximum absolute atomic E-state index is 13.3. The number of hydrogen-bond donors (Lipinski definition) is 1. The maximum atomic E-state index is 13.3. The van der Waals surface area contributed by atoms with Gasteiger partial charge in [-0.25, -0.2) is 9.37 Å². The molecule has 0 radical (unpaired) electrons. The van der Waals surface area contributed by atoms with Crippen LogP contribution >= 0.6 is 23.4 Å². The van der Waals surface area contributed by atoms with E-state index >= 15 is 0 Å². The second-order valence-electron chi connectivity index (χ2n) is 3.79. The Kier molecular flexibility index (Phi) is 4.10. The first kappa shape index (κ1) is 14.9. The second kappa shape index (κ2) is 5.49. The predicted octanol–water partition coefficient (Wildman–Crippen LogP) is 4.63. The molecule has 0 saturated carbocycles. The molecule has 0 atom stereocenters. The SMILES string of the molecule is Nc1ccc(Sc2ncc(C(F)(F)F)cc2Cl)cc1F. The summed E-state index contributed by atoms with van der Waals surface area (Å²) in [4.78, 5) is 4.09. The molecule has 2 N–H and O–H groups in total. The molecule has 1 aromatic carbocycles. The van der Waals surface area contributed by atoms with Gasteiger partial charge in [-0.15, -0.1) is 0 Å². The summed E-state index contributed by atoms with van der Waals surface area (Å²) >= 11 is 6.71. The third-order valence-corrected chi connectivity index (χ3v) is 3.73. The number of hydrogen-bond acceptors (Lipinski definition) is 3. The van der Waals surface area contributed by atoms with Crippen molar-refractivity contribution in [3.63, 3.8) is 0 Å². The van der Waals surface area contributed by atoms with Gasteiger partial charge in [-0.3, -0.25) is 0 Å². The molecule has 0 aliphatic heterocycles. The molecule has 2 aromatic rings. The van der Waals surface area contributed by atoms with E-state index in [4.69, 9.17) is 17.3 Å². The lowest BCUT2D eigenvalue weighted by Gasteiger charge is -2.09. The summed E-state index contributed by atoms with van der Waals surface area (Å²) in [5.41, 5.74) is 4.38. The topological polar surface area (TPSA) is 38.9 Å². The summed E-state index contributed by atoms with van der Waals surface area (Å²) in [6, 6.07) is 4.83. The minimum Gasteiger partial charge on any atom is -0.396 e. The van der Waals surface area contributed by atoms with E-state index in [9.17, 15) is 17.6 Å². The number of nitrogens with two attached hydrogens (primary N) is 1. The van der Waals surface area contributed by atoms with Crippen LogP contribution in [0.15, 0.2) is 40.4 Å². The average Bonchev–Trinajstić information content (AvgIpc) is 2.35. The first-order chi connectivity index (χ1) is 9.27. The number of nitrogen functional groups attached to an aromatic ring is 1. The van der Waals surface area contributed by atoms with Crippen LogP contribution in [-0.2, 0) is 6.18 Å². The third-order valence-electron chi connectivity index (χ3n) is 2.32. The molecular weight excluding hydrogens is 316 g/mol. The van der Waals surface area contributed by atoms with Crippen LogP contribution in [0.2, 0.25) is 5.02 Å². The van der Waals surface area contributed by atoms with Gasteiger partial charge < -0.3 is 5.73 Å². The Morgan fingerprint density at radius 2 is 1.90 bits per heavy atom. The van der Waals surface area contributed by atoms with E-state index in [-0.39, 0.29) is 15.7 Å².